The summed E-state index contributed by atoms with van der Waals surface area (Å²) in [6.07, 6.45) is 4.54. The first kappa shape index (κ1) is 23.2. The van der Waals surface area contributed by atoms with Gasteiger partial charge in [0, 0.05) is 44.8 Å². The second kappa shape index (κ2) is 9.88. The molecule has 178 valence electrons. The van der Waals surface area contributed by atoms with E-state index in [0.717, 1.165) is 12.8 Å². The zero-order chi connectivity index (χ0) is 23.5. The number of anilines is 2. The van der Waals surface area contributed by atoms with Gasteiger partial charge in [0.2, 0.25) is 5.95 Å². The number of hydrogen-bond donors (Lipinski definition) is 1. The van der Waals surface area contributed by atoms with Crippen molar-refractivity contribution in [3.8, 4) is 11.5 Å². The van der Waals surface area contributed by atoms with E-state index in [1.807, 2.05) is 4.90 Å². The van der Waals surface area contributed by atoms with Gasteiger partial charge in [0.25, 0.3) is 0 Å². The summed E-state index contributed by atoms with van der Waals surface area (Å²) in [6, 6.07) is 1.57. The summed E-state index contributed by atoms with van der Waals surface area (Å²) < 4.78 is 30.9. The molecule has 1 saturated carbocycles. The molecule has 1 aromatic heterocycles. The van der Waals surface area contributed by atoms with E-state index in [1.54, 1.807) is 19.3 Å². The number of aromatic nitrogens is 2. The van der Waals surface area contributed by atoms with Gasteiger partial charge >= 0.3 is 0 Å². The number of nitrogen functional groups attached to an aromatic ring is 1. The first-order valence-electron chi connectivity index (χ1n) is 11.0. The fraction of sp³-hybridized carbons (Fsp3) is 0.522. The highest BCUT2D eigenvalue weighted by Crippen LogP contribution is 2.38. The minimum Gasteiger partial charge on any atom is -0.493 e. The minimum absolute atomic E-state index is 0.0138. The number of carbonyl (C=O) groups excluding carboxylic acids is 1. The molecule has 0 radical (unpaired) electrons. The highest BCUT2D eigenvalue weighted by molar-refractivity contribution is 5.93. The molecule has 10 heteroatoms. The van der Waals surface area contributed by atoms with Gasteiger partial charge in [-0.1, -0.05) is 5.57 Å². The summed E-state index contributed by atoms with van der Waals surface area (Å²) in [5, 5.41) is 0.361. The number of benzene rings is 1. The van der Waals surface area contributed by atoms with Crippen LogP contribution in [0.5, 0.6) is 11.5 Å². The van der Waals surface area contributed by atoms with Crippen LogP contribution in [0, 0.1) is 5.82 Å². The number of piperazine rings is 1. The molecule has 9 nitrogen and oxygen atoms in total. The minimum atomic E-state index is -0.645. The molecule has 0 amide bonds. The molecule has 1 saturated heterocycles. The van der Waals surface area contributed by atoms with Gasteiger partial charge in [-0.2, -0.15) is 4.98 Å². The van der Waals surface area contributed by atoms with Crippen molar-refractivity contribution in [1.29, 1.82) is 0 Å². The van der Waals surface area contributed by atoms with Gasteiger partial charge < -0.3 is 24.8 Å². The van der Waals surface area contributed by atoms with Crippen molar-refractivity contribution in [2.75, 3.05) is 64.7 Å². The maximum Gasteiger partial charge on any atom is 0.228 e. The number of fused-ring (bicyclic) bond motifs is 1. The summed E-state index contributed by atoms with van der Waals surface area (Å²) in [4.78, 5) is 25.5. The number of nitrogens with zero attached hydrogens (tertiary/aromatic N) is 4. The molecule has 1 atom stereocenters. The van der Waals surface area contributed by atoms with Crippen LogP contribution in [-0.2, 0) is 9.53 Å². The average Bonchev–Trinajstić information content (AvgIpc) is 3.61. The van der Waals surface area contributed by atoms with E-state index in [9.17, 15) is 4.79 Å². The van der Waals surface area contributed by atoms with Crippen molar-refractivity contribution < 1.29 is 23.4 Å². The standard InChI is InChI=1S/C23H30FN5O4/c1-31-9-6-15-12-28(13-16(30)10-14-4-5-14)7-8-29(15)23-26-20-17(22(25)27-23)11-18(32-2)21(33-3)19(20)24/h10-11,15H,4-9,12-13H2,1-3H3,(H2,25,26,27). The zero-order valence-electron chi connectivity index (χ0n) is 19.3. The largest absolute Gasteiger partial charge is 0.493 e. The first-order chi connectivity index (χ1) is 15.9. The van der Waals surface area contributed by atoms with Crippen molar-refractivity contribution in [3.05, 3.63) is 23.5 Å². The second-order valence-electron chi connectivity index (χ2n) is 8.36. The predicted octanol–water partition coefficient (Wildman–Crippen LogP) is 2.18. The second-order valence-corrected chi connectivity index (χ2v) is 8.36. The molecule has 2 fully saturated rings. The Morgan fingerprint density at radius 1 is 1.24 bits per heavy atom. The third-order valence-electron chi connectivity index (χ3n) is 6.06. The van der Waals surface area contributed by atoms with Gasteiger partial charge in [-0.25, -0.2) is 9.37 Å². The van der Waals surface area contributed by atoms with E-state index in [-0.39, 0.29) is 34.7 Å². The lowest BCUT2D eigenvalue weighted by atomic mass is 10.1. The SMILES string of the molecule is COCCC1CN(CC(=O)C=C2CC2)CCN1c1nc(N)c2cc(OC)c(OC)c(F)c2n1. The summed E-state index contributed by atoms with van der Waals surface area (Å²) in [5.41, 5.74) is 7.52. The molecule has 1 aliphatic heterocycles. The molecule has 2 N–H and O–H groups in total. The van der Waals surface area contributed by atoms with Crippen LogP contribution in [0.15, 0.2) is 17.7 Å². The van der Waals surface area contributed by atoms with E-state index in [4.69, 9.17) is 19.9 Å². The van der Waals surface area contributed by atoms with Crippen LogP contribution < -0.4 is 20.1 Å². The normalized spacial score (nSPS) is 18.5. The zero-order valence-corrected chi connectivity index (χ0v) is 19.3. The van der Waals surface area contributed by atoms with Crippen LogP contribution in [0.3, 0.4) is 0 Å². The van der Waals surface area contributed by atoms with Crippen LogP contribution in [0.1, 0.15) is 19.3 Å². The van der Waals surface area contributed by atoms with Gasteiger partial charge in [-0.15, -0.1) is 0 Å². The van der Waals surface area contributed by atoms with Gasteiger partial charge in [0.1, 0.15) is 11.3 Å². The van der Waals surface area contributed by atoms with Crippen LogP contribution in [-0.4, -0.2) is 80.8 Å². The number of carbonyl (C=O) groups is 1. The van der Waals surface area contributed by atoms with Crippen molar-refractivity contribution in [1.82, 2.24) is 14.9 Å². The smallest absolute Gasteiger partial charge is 0.228 e. The van der Waals surface area contributed by atoms with Crippen molar-refractivity contribution in [2.45, 2.75) is 25.3 Å². The van der Waals surface area contributed by atoms with E-state index in [2.05, 4.69) is 14.9 Å². The summed E-state index contributed by atoms with van der Waals surface area (Å²) >= 11 is 0. The number of ether oxygens (including phenoxy) is 3. The predicted molar refractivity (Wildman–Crippen MR) is 123 cm³/mol. The molecule has 1 aliphatic carbocycles. The number of nitrogens with two attached hydrogens (primary N) is 1. The van der Waals surface area contributed by atoms with Gasteiger partial charge in [-0.3, -0.25) is 9.69 Å². The van der Waals surface area contributed by atoms with Gasteiger partial charge in [0.05, 0.1) is 20.8 Å². The number of hydrogen-bond acceptors (Lipinski definition) is 9. The number of rotatable bonds is 9. The van der Waals surface area contributed by atoms with Gasteiger partial charge in [-0.05, 0) is 31.4 Å². The Hall–Kier alpha value is -2.98. The molecular weight excluding hydrogens is 429 g/mol. The Kier molecular flexibility index (Phi) is 6.94. The van der Waals surface area contributed by atoms with Gasteiger partial charge in [0.15, 0.2) is 23.1 Å². The lowest BCUT2D eigenvalue weighted by molar-refractivity contribution is -0.115. The quantitative estimate of drug-likeness (QED) is 0.565. The van der Waals surface area contributed by atoms with Crippen molar-refractivity contribution in [2.24, 2.45) is 0 Å². The Labute approximate surface area is 192 Å². The fourth-order valence-corrected chi connectivity index (χ4v) is 4.20. The summed E-state index contributed by atoms with van der Waals surface area (Å²) in [5.74, 6) is 0.192. The van der Waals surface area contributed by atoms with E-state index in [1.165, 1.54) is 19.8 Å². The van der Waals surface area contributed by atoms with Crippen LogP contribution >= 0.6 is 0 Å². The van der Waals surface area contributed by atoms with Crippen molar-refractivity contribution in [3.63, 3.8) is 0 Å². The molecule has 33 heavy (non-hydrogen) atoms. The molecule has 2 heterocycles. The highest BCUT2D eigenvalue weighted by Gasteiger charge is 2.31. The first-order valence-corrected chi connectivity index (χ1v) is 11.0. The van der Waals surface area contributed by atoms with E-state index < -0.39 is 5.82 Å². The van der Waals surface area contributed by atoms with Crippen LogP contribution in [0.4, 0.5) is 16.2 Å². The monoisotopic (exact) mass is 459 g/mol. The molecule has 0 spiro atoms. The van der Waals surface area contributed by atoms with Crippen LogP contribution in [0.2, 0.25) is 0 Å². The molecule has 0 bridgehead atoms. The third kappa shape index (κ3) is 5.01. The topological polar surface area (TPSA) is 103 Å². The summed E-state index contributed by atoms with van der Waals surface area (Å²) in [7, 11) is 4.45. The number of ketones is 1. The van der Waals surface area contributed by atoms with E-state index in [0.29, 0.717) is 50.5 Å². The molecule has 2 aliphatic rings. The molecule has 4 rings (SSSR count). The lowest BCUT2D eigenvalue weighted by Gasteiger charge is -2.41. The third-order valence-corrected chi connectivity index (χ3v) is 6.06. The Bertz CT molecular complexity index is 1070. The highest BCUT2D eigenvalue weighted by atomic mass is 19.1. The Morgan fingerprint density at radius 3 is 2.70 bits per heavy atom. The summed E-state index contributed by atoms with van der Waals surface area (Å²) in [6.45, 7) is 2.81. The number of halogens is 1. The van der Waals surface area contributed by atoms with Crippen molar-refractivity contribution >= 4 is 28.5 Å². The lowest BCUT2D eigenvalue weighted by Crippen LogP contribution is -2.55. The molecular formula is C23H30FN5O4. The maximum atomic E-state index is 15.2. The average molecular weight is 460 g/mol. The fourth-order valence-electron chi connectivity index (χ4n) is 4.20. The maximum absolute atomic E-state index is 15.2. The molecule has 2 aromatic rings. The Morgan fingerprint density at radius 2 is 2.03 bits per heavy atom. The number of methoxy groups -OCH3 is 3. The Balaban J connectivity index is 1.62. The van der Waals surface area contributed by atoms with Crippen LogP contribution in [0.25, 0.3) is 10.9 Å². The number of allylic oxidation sites excluding steroid dienone is 1. The van der Waals surface area contributed by atoms with E-state index >= 15 is 4.39 Å². The molecule has 1 unspecified atom stereocenters. The molecule has 1 aromatic carbocycles.